The number of aryl methyl sites for hydroxylation is 2. The van der Waals surface area contributed by atoms with Crippen molar-refractivity contribution in [2.75, 3.05) is 17.1 Å². The van der Waals surface area contributed by atoms with Crippen molar-refractivity contribution >= 4 is 15.7 Å². The molecule has 0 spiro atoms. The molecule has 1 aliphatic rings. The van der Waals surface area contributed by atoms with Crippen molar-refractivity contribution in [3.63, 3.8) is 0 Å². The molecule has 3 heterocycles. The van der Waals surface area contributed by atoms with Crippen molar-refractivity contribution in [2.24, 2.45) is 7.05 Å². The predicted octanol–water partition coefficient (Wildman–Crippen LogP) is 3.99. The largest absolute Gasteiger partial charge is 0.493 e. The first-order chi connectivity index (χ1) is 16.2. The molecule has 0 radical (unpaired) electrons. The van der Waals surface area contributed by atoms with Crippen LogP contribution in [0.5, 0.6) is 17.4 Å². The normalized spacial score (nSPS) is 13.8. The number of fused-ring (bicyclic) bond motifs is 4. The van der Waals surface area contributed by atoms with E-state index in [1.807, 2.05) is 0 Å². The summed E-state index contributed by atoms with van der Waals surface area (Å²) in [5.74, 6) is -1.72. The number of anilines is 1. The minimum Gasteiger partial charge on any atom is -0.493 e. The Balaban J connectivity index is 1.95. The molecule has 8 nitrogen and oxygen atoms in total. The van der Waals surface area contributed by atoms with Gasteiger partial charge in [-0.1, -0.05) is 0 Å². The van der Waals surface area contributed by atoms with Gasteiger partial charge >= 0.3 is 0 Å². The molecule has 0 fully saturated rings. The highest BCUT2D eigenvalue weighted by molar-refractivity contribution is 7.92. The number of rotatable bonds is 3. The van der Waals surface area contributed by atoms with Gasteiger partial charge in [-0.25, -0.2) is 22.2 Å². The molecule has 0 amide bonds. The molecule has 0 aliphatic carbocycles. The van der Waals surface area contributed by atoms with Crippen LogP contribution in [0.2, 0.25) is 0 Å². The van der Waals surface area contributed by atoms with E-state index >= 15 is 0 Å². The molecule has 1 aromatic carbocycles. The molecule has 180 valence electrons. The molecule has 0 saturated heterocycles. The second kappa shape index (κ2) is 9.41. The summed E-state index contributed by atoms with van der Waals surface area (Å²) in [5, 5.41) is 0. The number of pyridine rings is 2. The molecular formula is C23H23F2N3O5S. The Kier molecular flexibility index (Phi) is 6.56. The van der Waals surface area contributed by atoms with Gasteiger partial charge in [0.05, 0.1) is 29.8 Å². The number of hydrogen-bond acceptors (Lipinski definition) is 6. The Morgan fingerprint density at radius 3 is 2.71 bits per heavy atom. The van der Waals surface area contributed by atoms with Crippen LogP contribution in [-0.4, -0.2) is 30.3 Å². The Morgan fingerprint density at radius 1 is 1.15 bits per heavy atom. The van der Waals surface area contributed by atoms with E-state index in [4.69, 9.17) is 9.47 Å². The second-order valence-electron chi connectivity index (χ2n) is 7.87. The first-order valence-electron chi connectivity index (χ1n) is 10.7. The van der Waals surface area contributed by atoms with Crippen LogP contribution < -0.4 is 19.8 Å². The summed E-state index contributed by atoms with van der Waals surface area (Å²) >= 11 is 0. The maximum Gasteiger partial charge on any atom is 0.254 e. The fraction of sp³-hybridized carbons (Fsp3) is 0.304. The number of ether oxygens (including phenoxy) is 2. The van der Waals surface area contributed by atoms with Gasteiger partial charge in [-0.2, -0.15) is 0 Å². The minimum atomic E-state index is -3.61. The summed E-state index contributed by atoms with van der Waals surface area (Å²) in [5.41, 5.74) is 0.832. The van der Waals surface area contributed by atoms with Crippen molar-refractivity contribution in [3.8, 4) is 28.5 Å². The Labute approximate surface area is 195 Å². The summed E-state index contributed by atoms with van der Waals surface area (Å²) < 4.78 is 68.3. The van der Waals surface area contributed by atoms with Gasteiger partial charge in [0.15, 0.2) is 11.6 Å². The van der Waals surface area contributed by atoms with Crippen LogP contribution in [0.15, 0.2) is 41.5 Å². The first kappa shape index (κ1) is 23.7. The lowest BCUT2D eigenvalue weighted by Crippen LogP contribution is -2.17. The fourth-order valence-electron chi connectivity index (χ4n) is 3.58. The SMILES string of the molecule is CCS(=O)(=O)Nc1cnc2c(c1)-c1cn(C)c(=O)cc1OCCCCc1cc(F)cc(F)c1O2. The topological polar surface area (TPSA) is 99.5 Å². The van der Waals surface area contributed by atoms with Gasteiger partial charge in [-0.05, 0) is 38.3 Å². The number of halogens is 2. The quantitative estimate of drug-likeness (QED) is 0.595. The van der Waals surface area contributed by atoms with Gasteiger partial charge in [0.2, 0.25) is 15.9 Å². The smallest absolute Gasteiger partial charge is 0.254 e. The van der Waals surface area contributed by atoms with Crippen LogP contribution in [0, 0.1) is 11.6 Å². The molecule has 3 aromatic rings. The number of benzene rings is 1. The third-order valence-electron chi connectivity index (χ3n) is 5.37. The summed E-state index contributed by atoms with van der Waals surface area (Å²) in [4.78, 5) is 16.5. The van der Waals surface area contributed by atoms with Crippen LogP contribution >= 0.6 is 0 Å². The third-order valence-corrected chi connectivity index (χ3v) is 6.67. The number of aromatic nitrogens is 2. The summed E-state index contributed by atoms with van der Waals surface area (Å²) in [6.07, 6.45) is 4.21. The van der Waals surface area contributed by atoms with Crippen LogP contribution in [0.1, 0.15) is 25.3 Å². The van der Waals surface area contributed by atoms with Crippen molar-refractivity contribution in [1.29, 1.82) is 0 Å². The number of sulfonamides is 1. The van der Waals surface area contributed by atoms with Crippen LogP contribution in [-0.2, 0) is 23.5 Å². The maximum absolute atomic E-state index is 14.8. The van der Waals surface area contributed by atoms with Crippen LogP contribution in [0.3, 0.4) is 0 Å². The lowest BCUT2D eigenvalue weighted by molar-refractivity contribution is 0.306. The summed E-state index contributed by atoms with van der Waals surface area (Å²) in [6.45, 7) is 1.75. The summed E-state index contributed by atoms with van der Waals surface area (Å²) in [7, 11) is -2.06. The van der Waals surface area contributed by atoms with Crippen molar-refractivity contribution in [1.82, 2.24) is 9.55 Å². The van der Waals surface area contributed by atoms with E-state index in [9.17, 15) is 22.0 Å². The van der Waals surface area contributed by atoms with E-state index in [1.54, 1.807) is 7.05 Å². The highest BCUT2D eigenvalue weighted by Gasteiger charge is 2.22. The molecule has 2 aromatic heterocycles. The highest BCUT2D eigenvalue weighted by Crippen LogP contribution is 2.40. The molecular weight excluding hydrogens is 468 g/mol. The van der Waals surface area contributed by atoms with Gasteiger partial charge in [0, 0.05) is 36.5 Å². The van der Waals surface area contributed by atoms with E-state index in [0.29, 0.717) is 30.4 Å². The van der Waals surface area contributed by atoms with Crippen molar-refractivity contribution in [3.05, 3.63) is 64.2 Å². The average Bonchev–Trinajstić information content (AvgIpc) is 2.77. The van der Waals surface area contributed by atoms with E-state index < -0.39 is 21.7 Å². The average molecular weight is 492 g/mol. The summed E-state index contributed by atoms with van der Waals surface area (Å²) in [6, 6.07) is 4.73. The van der Waals surface area contributed by atoms with Gasteiger partial charge < -0.3 is 14.0 Å². The van der Waals surface area contributed by atoms with Crippen molar-refractivity contribution < 1.29 is 26.7 Å². The molecule has 0 saturated carbocycles. The molecule has 0 unspecified atom stereocenters. The third kappa shape index (κ3) is 5.04. The molecule has 11 heteroatoms. The zero-order valence-electron chi connectivity index (χ0n) is 18.6. The lowest BCUT2D eigenvalue weighted by Gasteiger charge is -2.19. The molecule has 1 N–H and O–H groups in total. The molecule has 34 heavy (non-hydrogen) atoms. The number of hydrogen-bond donors (Lipinski definition) is 1. The molecule has 1 aliphatic heterocycles. The zero-order chi connectivity index (χ0) is 24.5. The van der Waals surface area contributed by atoms with Gasteiger partial charge in [-0.15, -0.1) is 0 Å². The highest BCUT2D eigenvalue weighted by atomic mass is 32.2. The number of nitrogens with zero attached hydrogens (tertiary/aromatic N) is 2. The van der Waals surface area contributed by atoms with E-state index in [-0.39, 0.29) is 46.5 Å². The second-order valence-corrected chi connectivity index (χ2v) is 9.88. The molecule has 4 rings (SSSR count). The van der Waals surface area contributed by atoms with E-state index in [1.165, 1.54) is 42.1 Å². The van der Waals surface area contributed by atoms with Crippen LogP contribution in [0.4, 0.5) is 14.5 Å². The standard InChI is InChI=1S/C23H23F2N3O5S/c1-3-34(30,31)27-16-10-17-18-13-28(2)21(29)11-20(18)32-7-5-4-6-14-8-15(24)9-19(25)22(14)33-23(17)26-12-16/h8-13,27H,3-7H2,1-2H3. The maximum atomic E-state index is 14.8. The molecule has 0 bridgehead atoms. The van der Waals surface area contributed by atoms with E-state index in [0.717, 1.165) is 6.07 Å². The van der Waals surface area contributed by atoms with Gasteiger partial charge in [0.25, 0.3) is 5.56 Å². The monoisotopic (exact) mass is 491 g/mol. The van der Waals surface area contributed by atoms with E-state index in [2.05, 4.69) is 9.71 Å². The van der Waals surface area contributed by atoms with Gasteiger partial charge in [0.1, 0.15) is 11.6 Å². The Morgan fingerprint density at radius 2 is 1.94 bits per heavy atom. The first-order valence-corrected chi connectivity index (χ1v) is 12.3. The lowest BCUT2D eigenvalue weighted by atomic mass is 10.1. The van der Waals surface area contributed by atoms with Crippen molar-refractivity contribution in [2.45, 2.75) is 26.2 Å². The van der Waals surface area contributed by atoms with Gasteiger partial charge in [-0.3, -0.25) is 9.52 Å². The van der Waals surface area contributed by atoms with Crippen LogP contribution in [0.25, 0.3) is 11.1 Å². The fourth-order valence-corrected chi connectivity index (χ4v) is 4.19. The molecule has 0 atom stereocenters. The zero-order valence-corrected chi connectivity index (χ0v) is 19.4. The predicted molar refractivity (Wildman–Crippen MR) is 123 cm³/mol. The Bertz CT molecular complexity index is 1410. The number of nitrogens with one attached hydrogen (secondary N) is 1. The minimum absolute atomic E-state index is 0.0599. The Hall–Kier alpha value is -3.47.